The molecule has 0 aliphatic heterocycles. The van der Waals surface area contributed by atoms with Crippen LogP contribution < -0.4 is 5.32 Å². The van der Waals surface area contributed by atoms with Crippen molar-refractivity contribution in [1.82, 2.24) is 5.32 Å². The molecule has 0 aromatic carbocycles. The van der Waals surface area contributed by atoms with E-state index in [2.05, 4.69) is 25.4 Å². The summed E-state index contributed by atoms with van der Waals surface area (Å²) < 4.78 is 0. The van der Waals surface area contributed by atoms with Crippen molar-refractivity contribution in [1.29, 1.82) is 0 Å². The third-order valence-electron chi connectivity index (χ3n) is 2.34. The Morgan fingerprint density at radius 2 is 2.00 bits per heavy atom. The number of hydrogen-bond acceptors (Lipinski definition) is 3. The number of nitrogens with one attached hydrogen (secondary N) is 1. The maximum Gasteiger partial charge on any atom is 0.0436 e. The van der Waals surface area contributed by atoms with E-state index in [9.17, 15) is 0 Å². The summed E-state index contributed by atoms with van der Waals surface area (Å²) in [5.74, 6) is 1.27. The molecule has 86 valence electrons. The highest BCUT2D eigenvalue weighted by atomic mass is 32.2. The SMILES string of the molecule is CSCCCCNCC(C)(C)CCO. The number of rotatable bonds is 9. The van der Waals surface area contributed by atoms with Crippen molar-refractivity contribution in [3.63, 3.8) is 0 Å². The van der Waals surface area contributed by atoms with Gasteiger partial charge < -0.3 is 10.4 Å². The molecule has 14 heavy (non-hydrogen) atoms. The minimum absolute atomic E-state index is 0.230. The van der Waals surface area contributed by atoms with E-state index in [0.717, 1.165) is 19.5 Å². The summed E-state index contributed by atoms with van der Waals surface area (Å²) >= 11 is 1.91. The van der Waals surface area contributed by atoms with Crippen LogP contribution >= 0.6 is 11.8 Å². The molecule has 0 saturated heterocycles. The Kier molecular flexibility index (Phi) is 8.73. The summed E-state index contributed by atoms with van der Waals surface area (Å²) in [6, 6.07) is 0. The molecule has 0 rings (SSSR count). The zero-order chi connectivity index (χ0) is 10.9. The predicted molar refractivity (Wildman–Crippen MR) is 66.0 cm³/mol. The van der Waals surface area contributed by atoms with E-state index >= 15 is 0 Å². The quantitative estimate of drug-likeness (QED) is 0.583. The van der Waals surface area contributed by atoms with Gasteiger partial charge in [0.2, 0.25) is 0 Å². The van der Waals surface area contributed by atoms with Gasteiger partial charge >= 0.3 is 0 Å². The van der Waals surface area contributed by atoms with Gasteiger partial charge in [0.1, 0.15) is 0 Å². The second-order valence-corrected chi connectivity index (χ2v) is 5.50. The number of thioether (sulfide) groups is 1. The molecular weight excluding hydrogens is 194 g/mol. The predicted octanol–water partition coefficient (Wildman–Crippen LogP) is 2.13. The van der Waals surface area contributed by atoms with E-state index in [-0.39, 0.29) is 5.41 Å². The monoisotopic (exact) mass is 219 g/mol. The molecular formula is C11H25NOS. The number of aliphatic hydroxyl groups excluding tert-OH is 1. The van der Waals surface area contributed by atoms with Gasteiger partial charge in [0.25, 0.3) is 0 Å². The zero-order valence-corrected chi connectivity index (χ0v) is 10.6. The lowest BCUT2D eigenvalue weighted by atomic mass is 9.90. The van der Waals surface area contributed by atoms with Crippen LogP contribution in [0.2, 0.25) is 0 Å². The standard InChI is InChI=1S/C11H25NOS/c1-11(2,6-8-13)10-12-7-4-5-9-14-3/h12-13H,4-10H2,1-3H3. The average Bonchev–Trinajstić information content (AvgIpc) is 2.11. The molecule has 0 saturated carbocycles. The largest absolute Gasteiger partial charge is 0.396 e. The van der Waals surface area contributed by atoms with Gasteiger partial charge in [-0.25, -0.2) is 0 Å². The van der Waals surface area contributed by atoms with E-state index in [1.807, 2.05) is 11.8 Å². The molecule has 2 N–H and O–H groups in total. The Morgan fingerprint density at radius 3 is 2.57 bits per heavy atom. The van der Waals surface area contributed by atoms with E-state index in [1.165, 1.54) is 18.6 Å². The average molecular weight is 219 g/mol. The van der Waals surface area contributed by atoms with Crippen molar-refractivity contribution in [2.24, 2.45) is 5.41 Å². The van der Waals surface area contributed by atoms with Crippen LogP contribution in [-0.2, 0) is 0 Å². The molecule has 0 radical (unpaired) electrons. The summed E-state index contributed by atoms with van der Waals surface area (Å²) in [7, 11) is 0. The minimum Gasteiger partial charge on any atom is -0.396 e. The second-order valence-electron chi connectivity index (χ2n) is 4.51. The first-order valence-corrected chi connectivity index (χ1v) is 6.82. The molecule has 0 fully saturated rings. The van der Waals surface area contributed by atoms with E-state index < -0.39 is 0 Å². The lowest BCUT2D eigenvalue weighted by Gasteiger charge is -2.23. The van der Waals surface area contributed by atoms with Crippen LogP contribution in [0.4, 0.5) is 0 Å². The van der Waals surface area contributed by atoms with Gasteiger partial charge in [-0.3, -0.25) is 0 Å². The van der Waals surface area contributed by atoms with Crippen molar-refractivity contribution < 1.29 is 5.11 Å². The van der Waals surface area contributed by atoms with Gasteiger partial charge in [0.05, 0.1) is 0 Å². The van der Waals surface area contributed by atoms with Crippen LogP contribution in [0.5, 0.6) is 0 Å². The fourth-order valence-corrected chi connectivity index (χ4v) is 1.81. The molecule has 3 heteroatoms. The van der Waals surface area contributed by atoms with Crippen molar-refractivity contribution >= 4 is 11.8 Å². The van der Waals surface area contributed by atoms with Crippen molar-refractivity contribution in [3.05, 3.63) is 0 Å². The molecule has 0 spiro atoms. The van der Waals surface area contributed by atoms with Crippen LogP contribution in [0.25, 0.3) is 0 Å². The van der Waals surface area contributed by atoms with Crippen molar-refractivity contribution in [2.45, 2.75) is 33.1 Å². The topological polar surface area (TPSA) is 32.3 Å². The first-order valence-electron chi connectivity index (χ1n) is 5.43. The lowest BCUT2D eigenvalue weighted by molar-refractivity contribution is 0.207. The van der Waals surface area contributed by atoms with E-state index in [1.54, 1.807) is 0 Å². The van der Waals surface area contributed by atoms with Crippen LogP contribution in [0.1, 0.15) is 33.1 Å². The highest BCUT2D eigenvalue weighted by molar-refractivity contribution is 7.98. The fraction of sp³-hybridized carbons (Fsp3) is 1.00. The number of aliphatic hydroxyl groups is 1. The molecule has 0 atom stereocenters. The summed E-state index contributed by atoms with van der Waals surface area (Å²) in [6.07, 6.45) is 5.59. The molecule has 0 amide bonds. The van der Waals surface area contributed by atoms with Gasteiger partial charge in [-0.1, -0.05) is 13.8 Å². The summed E-state index contributed by atoms with van der Waals surface area (Å²) in [5.41, 5.74) is 0.230. The third-order valence-corrected chi connectivity index (χ3v) is 3.04. The van der Waals surface area contributed by atoms with Crippen molar-refractivity contribution in [3.8, 4) is 0 Å². The maximum absolute atomic E-state index is 8.84. The van der Waals surface area contributed by atoms with Crippen LogP contribution in [0, 0.1) is 5.41 Å². The first kappa shape index (κ1) is 14.3. The Labute approximate surface area is 92.9 Å². The van der Waals surface area contributed by atoms with Gasteiger partial charge in [0.15, 0.2) is 0 Å². The third kappa shape index (κ3) is 8.85. The molecule has 0 bridgehead atoms. The summed E-state index contributed by atoms with van der Waals surface area (Å²) in [6.45, 7) is 6.79. The molecule has 0 unspecified atom stereocenters. The Bertz CT molecular complexity index is 128. The van der Waals surface area contributed by atoms with Crippen LogP contribution in [0.15, 0.2) is 0 Å². The molecule has 0 aromatic rings. The smallest absolute Gasteiger partial charge is 0.0436 e. The zero-order valence-electron chi connectivity index (χ0n) is 9.81. The lowest BCUT2D eigenvalue weighted by Crippen LogP contribution is -2.30. The van der Waals surface area contributed by atoms with Gasteiger partial charge in [-0.15, -0.1) is 0 Å². The van der Waals surface area contributed by atoms with Crippen molar-refractivity contribution in [2.75, 3.05) is 31.7 Å². The Balaban J connectivity index is 3.26. The summed E-state index contributed by atoms with van der Waals surface area (Å²) in [5, 5.41) is 12.3. The number of hydrogen-bond donors (Lipinski definition) is 2. The van der Waals surface area contributed by atoms with E-state index in [0.29, 0.717) is 6.61 Å². The summed E-state index contributed by atoms with van der Waals surface area (Å²) in [4.78, 5) is 0. The molecule has 0 aliphatic rings. The molecule has 0 heterocycles. The van der Waals surface area contributed by atoms with Gasteiger partial charge in [0, 0.05) is 13.2 Å². The Hall–Kier alpha value is 0.270. The van der Waals surface area contributed by atoms with E-state index in [4.69, 9.17) is 5.11 Å². The molecule has 0 aromatic heterocycles. The molecule has 2 nitrogen and oxygen atoms in total. The highest BCUT2D eigenvalue weighted by Crippen LogP contribution is 2.17. The van der Waals surface area contributed by atoms with Gasteiger partial charge in [-0.05, 0) is 43.2 Å². The fourth-order valence-electron chi connectivity index (χ4n) is 1.31. The second kappa shape index (κ2) is 8.57. The van der Waals surface area contributed by atoms with Crippen LogP contribution in [-0.4, -0.2) is 36.8 Å². The normalized spacial score (nSPS) is 12.0. The highest BCUT2D eigenvalue weighted by Gasteiger charge is 2.15. The first-order chi connectivity index (χ1) is 6.62. The van der Waals surface area contributed by atoms with Gasteiger partial charge in [-0.2, -0.15) is 11.8 Å². The van der Waals surface area contributed by atoms with Crippen LogP contribution in [0.3, 0.4) is 0 Å². The maximum atomic E-state index is 8.84. The number of unbranched alkanes of at least 4 members (excludes halogenated alkanes) is 1. The molecule has 0 aliphatic carbocycles. The Morgan fingerprint density at radius 1 is 1.29 bits per heavy atom. The minimum atomic E-state index is 0.230.